The molecule has 0 saturated heterocycles. The lowest BCUT2D eigenvalue weighted by Crippen LogP contribution is -2.29. The Labute approximate surface area is 171 Å². The number of esters is 2. The number of pyridine rings is 1. The van der Waals surface area contributed by atoms with Crippen LogP contribution in [0.3, 0.4) is 0 Å². The third kappa shape index (κ3) is 4.00. The zero-order chi connectivity index (χ0) is 22.0. The van der Waals surface area contributed by atoms with Crippen LogP contribution in [0.15, 0.2) is 35.4 Å². The van der Waals surface area contributed by atoms with Gasteiger partial charge in [0, 0.05) is 30.4 Å². The third-order valence-electron chi connectivity index (χ3n) is 4.48. The molecule has 1 atom stereocenters. The Morgan fingerprint density at radius 2 is 1.97 bits per heavy atom. The molecule has 30 heavy (non-hydrogen) atoms. The molecule has 1 aromatic carbocycles. The van der Waals surface area contributed by atoms with Crippen LogP contribution in [0, 0.1) is 6.92 Å². The van der Waals surface area contributed by atoms with Gasteiger partial charge in [-0.1, -0.05) is 6.07 Å². The zero-order valence-electron chi connectivity index (χ0n) is 17.0. The van der Waals surface area contributed by atoms with E-state index in [1.807, 2.05) is 6.92 Å². The van der Waals surface area contributed by atoms with Crippen molar-refractivity contribution in [3.05, 3.63) is 52.1 Å². The summed E-state index contributed by atoms with van der Waals surface area (Å²) >= 11 is 0. The molecule has 1 N–H and O–H groups in total. The van der Waals surface area contributed by atoms with E-state index in [1.54, 1.807) is 31.3 Å². The van der Waals surface area contributed by atoms with Crippen LogP contribution in [0.4, 0.5) is 5.69 Å². The molecule has 0 aliphatic carbocycles. The monoisotopic (exact) mass is 411 g/mol. The summed E-state index contributed by atoms with van der Waals surface area (Å²) in [5, 5.41) is 4.12. The number of carbonyl (C=O) groups is 3. The molecule has 156 valence electrons. The number of nitrogens with zero attached hydrogens (tertiary/aromatic N) is 2. The first-order chi connectivity index (χ1) is 14.2. The van der Waals surface area contributed by atoms with Crippen LogP contribution in [-0.4, -0.2) is 39.9 Å². The lowest BCUT2D eigenvalue weighted by Gasteiger charge is -2.14. The molecule has 0 bridgehead atoms. The SMILES string of the molecule is CCOC(=O)c1cnc2c3cc(NC(=O)C(C)OC(C)=O)ccc3c(C)cn2c1=O. The highest BCUT2D eigenvalue weighted by molar-refractivity contribution is 6.02. The summed E-state index contributed by atoms with van der Waals surface area (Å²) in [4.78, 5) is 52.4. The van der Waals surface area contributed by atoms with E-state index < -0.39 is 29.5 Å². The number of ether oxygens (including phenoxy) is 2. The Morgan fingerprint density at radius 3 is 2.63 bits per heavy atom. The van der Waals surface area contributed by atoms with Crippen molar-refractivity contribution < 1.29 is 23.9 Å². The number of benzene rings is 1. The van der Waals surface area contributed by atoms with Gasteiger partial charge in [-0.2, -0.15) is 0 Å². The van der Waals surface area contributed by atoms with Gasteiger partial charge in [-0.3, -0.25) is 18.8 Å². The maximum Gasteiger partial charge on any atom is 0.345 e. The Bertz CT molecular complexity index is 1230. The standard InChI is InChI=1S/C21H21N3O6/c1-5-29-21(28)17-9-22-18-16-8-14(23-19(26)12(3)30-13(4)25)6-7-15(16)11(2)10-24(18)20(17)27/h6-10,12H,5H2,1-4H3,(H,23,26). The van der Waals surface area contributed by atoms with E-state index >= 15 is 0 Å². The fraction of sp³-hybridized carbons (Fsp3) is 0.286. The second-order valence-electron chi connectivity index (χ2n) is 6.70. The summed E-state index contributed by atoms with van der Waals surface area (Å²) in [6.45, 7) is 6.32. The lowest BCUT2D eigenvalue weighted by atomic mass is 10.1. The summed E-state index contributed by atoms with van der Waals surface area (Å²) in [6, 6.07) is 5.17. The van der Waals surface area contributed by atoms with E-state index in [2.05, 4.69) is 10.3 Å². The smallest absolute Gasteiger partial charge is 0.345 e. The molecule has 9 nitrogen and oxygen atoms in total. The summed E-state index contributed by atoms with van der Waals surface area (Å²) in [6.07, 6.45) is 1.84. The molecule has 3 aromatic rings. The highest BCUT2D eigenvalue weighted by atomic mass is 16.5. The predicted octanol–water partition coefficient (Wildman–Crippen LogP) is 2.22. The number of carbonyl (C=O) groups excluding carboxylic acids is 3. The van der Waals surface area contributed by atoms with Crippen LogP contribution >= 0.6 is 0 Å². The van der Waals surface area contributed by atoms with Crippen molar-refractivity contribution in [3.63, 3.8) is 0 Å². The molecular formula is C21H21N3O6. The van der Waals surface area contributed by atoms with E-state index in [1.165, 1.54) is 24.4 Å². The summed E-state index contributed by atoms with van der Waals surface area (Å²) in [5.41, 5.74) is 0.864. The number of anilines is 1. The van der Waals surface area contributed by atoms with Crippen LogP contribution in [0.25, 0.3) is 16.4 Å². The van der Waals surface area contributed by atoms with Gasteiger partial charge in [0.15, 0.2) is 6.10 Å². The van der Waals surface area contributed by atoms with Crippen molar-refractivity contribution in [2.75, 3.05) is 11.9 Å². The van der Waals surface area contributed by atoms with Crippen molar-refractivity contribution in [1.29, 1.82) is 0 Å². The first-order valence-electron chi connectivity index (χ1n) is 9.32. The Morgan fingerprint density at radius 1 is 1.23 bits per heavy atom. The molecule has 0 saturated carbocycles. The molecule has 9 heteroatoms. The number of rotatable bonds is 5. The second-order valence-corrected chi connectivity index (χ2v) is 6.70. The molecule has 0 aliphatic heterocycles. The van der Waals surface area contributed by atoms with Crippen molar-refractivity contribution in [3.8, 4) is 0 Å². The number of nitrogens with one attached hydrogen (secondary N) is 1. The van der Waals surface area contributed by atoms with Crippen LogP contribution in [0.2, 0.25) is 0 Å². The van der Waals surface area contributed by atoms with Gasteiger partial charge in [-0.05, 0) is 43.9 Å². The highest BCUT2D eigenvalue weighted by Crippen LogP contribution is 2.25. The number of hydrogen-bond donors (Lipinski definition) is 1. The lowest BCUT2D eigenvalue weighted by molar-refractivity contribution is -0.150. The molecule has 1 amide bonds. The van der Waals surface area contributed by atoms with Crippen molar-refractivity contribution in [2.24, 2.45) is 0 Å². The van der Waals surface area contributed by atoms with Gasteiger partial charge in [0.05, 0.1) is 6.61 Å². The van der Waals surface area contributed by atoms with E-state index in [4.69, 9.17) is 9.47 Å². The average molecular weight is 411 g/mol. The zero-order valence-corrected chi connectivity index (χ0v) is 17.0. The second kappa shape index (κ2) is 8.32. The fourth-order valence-electron chi connectivity index (χ4n) is 3.10. The minimum Gasteiger partial charge on any atom is -0.462 e. The topological polar surface area (TPSA) is 116 Å². The maximum atomic E-state index is 12.8. The minimum atomic E-state index is -0.958. The van der Waals surface area contributed by atoms with Crippen molar-refractivity contribution in [1.82, 2.24) is 9.38 Å². The third-order valence-corrected chi connectivity index (χ3v) is 4.48. The molecule has 1 unspecified atom stereocenters. The Balaban J connectivity index is 2.09. The summed E-state index contributed by atoms with van der Waals surface area (Å²) in [5.74, 6) is -1.78. The summed E-state index contributed by atoms with van der Waals surface area (Å²) in [7, 11) is 0. The molecule has 2 heterocycles. The maximum absolute atomic E-state index is 12.8. The highest BCUT2D eigenvalue weighted by Gasteiger charge is 2.18. The number of amides is 1. The first kappa shape index (κ1) is 21.0. The first-order valence-corrected chi connectivity index (χ1v) is 9.32. The van der Waals surface area contributed by atoms with Crippen molar-refractivity contribution >= 4 is 40.0 Å². The normalized spacial score (nSPS) is 11.9. The van der Waals surface area contributed by atoms with Crippen LogP contribution in [-0.2, 0) is 19.1 Å². The van der Waals surface area contributed by atoms with Gasteiger partial charge >= 0.3 is 11.9 Å². The van der Waals surface area contributed by atoms with Gasteiger partial charge in [0.25, 0.3) is 11.5 Å². The predicted molar refractivity (Wildman–Crippen MR) is 110 cm³/mol. The fourth-order valence-corrected chi connectivity index (χ4v) is 3.10. The van der Waals surface area contributed by atoms with E-state index in [9.17, 15) is 19.2 Å². The average Bonchev–Trinajstić information content (AvgIpc) is 2.68. The molecule has 0 fully saturated rings. The molecule has 3 rings (SSSR count). The van der Waals surface area contributed by atoms with Gasteiger partial charge < -0.3 is 14.8 Å². The Hall–Kier alpha value is -3.75. The van der Waals surface area contributed by atoms with Gasteiger partial charge in [-0.15, -0.1) is 0 Å². The molecule has 0 radical (unpaired) electrons. The van der Waals surface area contributed by atoms with Crippen molar-refractivity contribution in [2.45, 2.75) is 33.8 Å². The number of hydrogen-bond acceptors (Lipinski definition) is 7. The van der Waals surface area contributed by atoms with E-state index in [0.29, 0.717) is 16.7 Å². The van der Waals surface area contributed by atoms with Crippen LogP contribution < -0.4 is 10.9 Å². The molecule has 0 aliphatic rings. The minimum absolute atomic E-state index is 0.145. The number of aryl methyl sites for hydroxylation is 1. The number of fused-ring (bicyclic) bond motifs is 3. The molecule has 0 spiro atoms. The van der Waals surface area contributed by atoms with Gasteiger partial charge in [-0.25, -0.2) is 9.78 Å². The molecule has 2 aromatic heterocycles. The largest absolute Gasteiger partial charge is 0.462 e. The Kier molecular flexibility index (Phi) is 5.81. The summed E-state index contributed by atoms with van der Waals surface area (Å²) < 4.78 is 11.1. The van der Waals surface area contributed by atoms with Gasteiger partial charge in [0.2, 0.25) is 0 Å². The molecular weight excluding hydrogens is 390 g/mol. The van der Waals surface area contributed by atoms with Crippen LogP contribution in [0.1, 0.15) is 36.7 Å². The quantitative estimate of drug-likeness (QED) is 0.505. The van der Waals surface area contributed by atoms with Gasteiger partial charge in [0.1, 0.15) is 11.2 Å². The van der Waals surface area contributed by atoms with Crippen LogP contribution in [0.5, 0.6) is 0 Å². The van der Waals surface area contributed by atoms with E-state index in [-0.39, 0.29) is 12.2 Å². The van der Waals surface area contributed by atoms with E-state index in [0.717, 1.165) is 10.9 Å². The number of aromatic nitrogens is 2.